The summed E-state index contributed by atoms with van der Waals surface area (Å²) in [6, 6.07) is -0.968. The number of hydrogen-bond donors (Lipinski definition) is 1. The van der Waals surface area contributed by atoms with E-state index in [0.29, 0.717) is 0 Å². The summed E-state index contributed by atoms with van der Waals surface area (Å²) in [6.07, 6.45) is -2.84. The Labute approximate surface area is 157 Å². The fraction of sp³-hybridized carbons (Fsp3) is 0.647. The fourth-order valence-corrected chi connectivity index (χ4v) is 2.60. The zero-order chi connectivity index (χ0) is 20.6. The molecule has 0 aromatic heterocycles. The van der Waals surface area contributed by atoms with E-state index in [9.17, 15) is 19.2 Å². The van der Waals surface area contributed by atoms with Gasteiger partial charge in [-0.15, -0.1) is 6.58 Å². The van der Waals surface area contributed by atoms with E-state index in [-0.39, 0.29) is 13.2 Å². The lowest BCUT2D eigenvalue weighted by atomic mass is 9.96. The van der Waals surface area contributed by atoms with Crippen LogP contribution in [0.1, 0.15) is 27.7 Å². The molecule has 0 aromatic rings. The lowest BCUT2D eigenvalue weighted by Crippen LogP contribution is -2.66. The van der Waals surface area contributed by atoms with Gasteiger partial charge in [-0.3, -0.25) is 19.2 Å². The summed E-state index contributed by atoms with van der Waals surface area (Å²) in [6.45, 7) is 8.16. The predicted molar refractivity (Wildman–Crippen MR) is 90.2 cm³/mol. The lowest BCUT2D eigenvalue weighted by Gasteiger charge is -2.44. The summed E-state index contributed by atoms with van der Waals surface area (Å²) < 4.78 is 26.8. The van der Waals surface area contributed by atoms with Gasteiger partial charge in [0.15, 0.2) is 18.5 Å². The SMILES string of the molecule is C=CCO[C@@H]1O[C@H](COC(C)=O)[C@H](OC(C)=O)[C@@H](OC(C)=O)[C@@H]1NC(C)=O. The molecule has 10 nitrogen and oxygen atoms in total. The number of amides is 1. The van der Waals surface area contributed by atoms with Crippen LogP contribution in [-0.4, -0.2) is 67.7 Å². The Morgan fingerprint density at radius 1 is 1.00 bits per heavy atom. The van der Waals surface area contributed by atoms with Crippen LogP contribution in [0.15, 0.2) is 12.7 Å². The third-order valence-corrected chi connectivity index (χ3v) is 3.45. The lowest BCUT2D eigenvalue weighted by molar-refractivity contribution is -0.275. The first-order valence-electron chi connectivity index (χ1n) is 8.28. The van der Waals surface area contributed by atoms with Crippen LogP contribution in [0.25, 0.3) is 0 Å². The largest absolute Gasteiger partial charge is 0.463 e. The molecular weight excluding hydrogens is 362 g/mol. The molecule has 1 fully saturated rings. The molecule has 152 valence electrons. The van der Waals surface area contributed by atoms with Gasteiger partial charge in [-0.1, -0.05) is 6.08 Å². The van der Waals surface area contributed by atoms with Gasteiger partial charge in [-0.05, 0) is 0 Å². The second kappa shape index (κ2) is 10.6. The minimum absolute atomic E-state index is 0.0755. The molecule has 27 heavy (non-hydrogen) atoms. The standard InChI is InChI=1S/C17H25NO9/c1-6-7-23-17-14(18-9(2)19)16(26-12(5)22)15(25-11(4)21)13(27-17)8-24-10(3)20/h6,13-17H,1,7-8H2,2-5H3,(H,18,19)/t13-,14+,15+,16+,17-/m1/s1. The number of rotatable bonds is 8. The molecule has 1 heterocycles. The van der Waals surface area contributed by atoms with E-state index in [1.165, 1.54) is 33.8 Å². The fourth-order valence-electron chi connectivity index (χ4n) is 2.60. The van der Waals surface area contributed by atoms with Crippen molar-refractivity contribution in [2.45, 2.75) is 58.3 Å². The summed E-state index contributed by atoms with van der Waals surface area (Å²) in [5.41, 5.74) is 0. The predicted octanol–water partition coefficient (Wildman–Crippen LogP) is -0.155. The normalized spacial score (nSPS) is 27.2. The second-order valence-corrected chi connectivity index (χ2v) is 5.84. The van der Waals surface area contributed by atoms with E-state index >= 15 is 0 Å². The molecule has 0 unspecified atom stereocenters. The maximum atomic E-state index is 11.6. The summed E-state index contributed by atoms with van der Waals surface area (Å²) >= 11 is 0. The van der Waals surface area contributed by atoms with Crippen LogP contribution in [0.5, 0.6) is 0 Å². The van der Waals surface area contributed by atoms with E-state index in [0.717, 1.165) is 0 Å². The highest BCUT2D eigenvalue weighted by Gasteiger charge is 2.51. The van der Waals surface area contributed by atoms with Crippen molar-refractivity contribution in [3.05, 3.63) is 12.7 Å². The van der Waals surface area contributed by atoms with Crippen molar-refractivity contribution in [1.82, 2.24) is 5.32 Å². The highest BCUT2D eigenvalue weighted by atomic mass is 16.7. The van der Waals surface area contributed by atoms with Crippen molar-refractivity contribution in [2.75, 3.05) is 13.2 Å². The summed E-state index contributed by atoms with van der Waals surface area (Å²) in [5.74, 6) is -2.34. The molecule has 1 aliphatic rings. The van der Waals surface area contributed by atoms with Crippen molar-refractivity contribution in [3.8, 4) is 0 Å². The molecule has 10 heteroatoms. The molecular formula is C17H25NO9. The molecule has 0 aliphatic carbocycles. The molecule has 0 aromatic carbocycles. The highest BCUT2D eigenvalue weighted by molar-refractivity contribution is 5.73. The van der Waals surface area contributed by atoms with Gasteiger partial charge in [-0.25, -0.2) is 0 Å². The van der Waals surface area contributed by atoms with Crippen LogP contribution >= 0.6 is 0 Å². The van der Waals surface area contributed by atoms with E-state index < -0.39 is 54.5 Å². The molecule has 1 aliphatic heterocycles. The molecule has 5 atom stereocenters. The van der Waals surface area contributed by atoms with Gasteiger partial charge in [0.25, 0.3) is 0 Å². The third-order valence-electron chi connectivity index (χ3n) is 3.45. The second-order valence-electron chi connectivity index (χ2n) is 5.84. The van der Waals surface area contributed by atoms with Gasteiger partial charge >= 0.3 is 17.9 Å². The average molecular weight is 387 g/mol. The van der Waals surface area contributed by atoms with E-state index in [4.69, 9.17) is 23.7 Å². The van der Waals surface area contributed by atoms with Gasteiger partial charge in [0.05, 0.1) is 6.61 Å². The molecule has 1 amide bonds. The number of esters is 3. The smallest absolute Gasteiger partial charge is 0.303 e. The molecule has 1 saturated heterocycles. The first kappa shape index (κ1) is 22.6. The molecule has 0 saturated carbocycles. The third kappa shape index (κ3) is 7.35. The quantitative estimate of drug-likeness (QED) is 0.343. The first-order chi connectivity index (χ1) is 12.6. The summed E-state index contributed by atoms with van der Waals surface area (Å²) in [7, 11) is 0. The van der Waals surface area contributed by atoms with Gasteiger partial charge in [0.1, 0.15) is 18.8 Å². The van der Waals surface area contributed by atoms with Gasteiger partial charge in [-0.2, -0.15) is 0 Å². The van der Waals surface area contributed by atoms with Crippen LogP contribution in [-0.2, 0) is 42.9 Å². The minimum Gasteiger partial charge on any atom is -0.463 e. The topological polar surface area (TPSA) is 126 Å². The van der Waals surface area contributed by atoms with Crippen molar-refractivity contribution in [1.29, 1.82) is 0 Å². The van der Waals surface area contributed by atoms with Crippen LogP contribution < -0.4 is 5.32 Å². The van der Waals surface area contributed by atoms with Crippen molar-refractivity contribution >= 4 is 23.8 Å². The minimum atomic E-state index is -1.13. The van der Waals surface area contributed by atoms with Crippen LogP contribution in [0, 0.1) is 0 Å². The molecule has 1 rings (SSSR count). The number of carbonyl (C=O) groups is 4. The van der Waals surface area contributed by atoms with Gasteiger partial charge in [0, 0.05) is 27.7 Å². The van der Waals surface area contributed by atoms with Crippen molar-refractivity contribution in [2.24, 2.45) is 0 Å². The number of carbonyl (C=O) groups excluding carboxylic acids is 4. The van der Waals surface area contributed by atoms with Crippen molar-refractivity contribution < 1.29 is 42.9 Å². The molecule has 0 bridgehead atoms. The number of ether oxygens (including phenoxy) is 5. The maximum Gasteiger partial charge on any atom is 0.303 e. The van der Waals surface area contributed by atoms with Crippen LogP contribution in [0.4, 0.5) is 0 Å². The van der Waals surface area contributed by atoms with E-state index in [2.05, 4.69) is 11.9 Å². The summed E-state index contributed by atoms with van der Waals surface area (Å²) in [4.78, 5) is 46.0. The maximum absolute atomic E-state index is 11.6. The highest BCUT2D eigenvalue weighted by Crippen LogP contribution is 2.27. The molecule has 0 spiro atoms. The Kier molecular flexibility index (Phi) is 8.89. The van der Waals surface area contributed by atoms with E-state index in [1.807, 2.05) is 0 Å². The zero-order valence-corrected chi connectivity index (χ0v) is 15.8. The van der Waals surface area contributed by atoms with Crippen molar-refractivity contribution in [3.63, 3.8) is 0 Å². The molecule has 1 N–H and O–H groups in total. The van der Waals surface area contributed by atoms with E-state index in [1.54, 1.807) is 0 Å². The zero-order valence-electron chi connectivity index (χ0n) is 15.8. The first-order valence-corrected chi connectivity index (χ1v) is 8.28. The monoisotopic (exact) mass is 387 g/mol. The Balaban J connectivity index is 3.24. The molecule has 0 radical (unpaired) electrons. The Hall–Kier alpha value is -2.46. The number of hydrogen-bond acceptors (Lipinski definition) is 9. The van der Waals surface area contributed by atoms with Gasteiger partial charge in [0.2, 0.25) is 5.91 Å². The average Bonchev–Trinajstić information content (AvgIpc) is 2.54. The Morgan fingerprint density at radius 3 is 2.07 bits per heavy atom. The summed E-state index contributed by atoms with van der Waals surface area (Å²) in [5, 5.41) is 2.59. The Bertz CT molecular complexity index is 577. The number of nitrogens with one attached hydrogen (secondary N) is 1. The van der Waals surface area contributed by atoms with Crippen LogP contribution in [0.2, 0.25) is 0 Å². The van der Waals surface area contributed by atoms with Gasteiger partial charge < -0.3 is 29.0 Å². The van der Waals surface area contributed by atoms with Crippen LogP contribution in [0.3, 0.4) is 0 Å². The Morgan fingerprint density at radius 2 is 1.59 bits per heavy atom.